The van der Waals surface area contributed by atoms with E-state index in [0.29, 0.717) is 6.54 Å². The van der Waals surface area contributed by atoms with Gasteiger partial charge in [0, 0.05) is 6.54 Å². The molecule has 0 saturated heterocycles. The van der Waals surface area contributed by atoms with Gasteiger partial charge in [-0.25, -0.2) is 0 Å². The number of hydrogen-bond donors (Lipinski definition) is 1. The van der Waals surface area contributed by atoms with E-state index in [-0.39, 0.29) is 12.3 Å². The molecule has 3 nitrogen and oxygen atoms in total. The maximum atomic E-state index is 11.3. The van der Waals surface area contributed by atoms with Gasteiger partial charge in [0.25, 0.3) is 0 Å². The minimum atomic E-state index is -0.217. The van der Waals surface area contributed by atoms with Gasteiger partial charge in [0.15, 0.2) is 0 Å². The smallest absolute Gasteiger partial charge is 0.234 e. The van der Waals surface area contributed by atoms with E-state index in [1.54, 1.807) is 0 Å². The monoisotopic (exact) mass is 230 g/mol. The zero-order valence-electron chi connectivity index (χ0n) is 10.8. The summed E-state index contributed by atoms with van der Waals surface area (Å²) in [7, 11) is 0. The first-order valence-corrected chi connectivity index (χ1v) is 5.67. The maximum Gasteiger partial charge on any atom is 0.234 e. The molecule has 0 atom stereocenters. The molecule has 0 bridgehead atoms. The molecule has 1 N–H and O–H groups in total. The third-order valence-electron chi connectivity index (χ3n) is 3.22. The predicted molar refractivity (Wildman–Crippen MR) is 67.5 cm³/mol. The van der Waals surface area contributed by atoms with Crippen LogP contribution < -0.4 is 5.32 Å². The number of carbonyl (C=O) groups is 1. The molecule has 0 aliphatic carbocycles. The Balaban J connectivity index is 2.92. The lowest BCUT2D eigenvalue weighted by Crippen LogP contribution is -2.23. The first-order valence-electron chi connectivity index (χ1n) is 5.67. The average molecular weight is 230 g/mol. The molecule has 0 radical (unpaired) electrons. The van der Waals surface area contributed by atoms with E-state index < -0.39 is 0 Å². The summed E-state index contributed by atoms with van der Waals surface area (Å²) < 4.78 is 0. The van der Waals surface area contributed by atoms with Gasteiger partial charge in [0.1, 0.15) is 6.42 Å². The summed E-state index contributed by atoms with van der Waals surface area (Å²) in [5.74, 6) is -0.217. The molecule has 17 heavy (non-hydrogen) atoms. The van der Waals surface area contributed by atoms with E-state index in [1.165, 1.54) is 22.3 Å². The van der Waals surface area contributed by atoms with Gasteiger partial charge in [-0.2, -0.15) is 5.26 Å². The summed E-state index contributed by atoms with van der Waals surface area (Å²) in [6.45, 7) is 8.77. The van der Waals surface area contributed by atoms with Crippen molar-refractivity contribution in [3.8, 4) is 6.07 Å². The van der Waals surface area contributed by atoms with E-state index in [4.69, 9.17) is 5.26 Å². The Bertz CT molecular complexity index is 458. The summed E-state index contributed by atoms with van der Waals surface area (Å²) in [6.07, 6.45) is -0.0805. The fourth-order valence-electron chi connectivity index (χ4n) is 1.88. The molecule has 0 aromatic heterocycles. The van der Waals surface area contributed by atoms with Gasteiger partial charge in [0.05, 0.1) is 6.07 Å². The lowest BCUT2D eigenvalue weighted by Gasteiger charge is -2.15. The largest absolute Gasteiger partial charge is 0.351 e. The zero-order valence-corrected chi connectivity index (χ0v) is 10.8. The molecule has 1 amide bonds. The van der Waals surface area contributed by atoms with Gasteiger partial charge in [-0.05, 0) is 55.5 Å². The predicted octanol–water partition coefficient (Wildman–Crippen LogP) is 2.45. The van der Waals surface area contributed by atoms with Gasteiger partial charge in [-0.15, -0.1) is 0 Å². The highest BCUT2D eigenvalue weighted by Gasteiger charge is 2.09. The lowest BCUT2D eigenvalue weighted by atomic mass is 9.94. The van der Waals surface area contributed by atoms with Crippen molar-refractivity contribution in [2.24, 2.45) is 0 Å². The summed E-state index contributed by atoms with van der Waals surface area (Å²) in [4.78, 5) is 11.3. The van der Waals surface area contributed by atoms with Crippen LogP contribution in [-0.4, -0.2) is 5.91 Å². The van der Waals surface area contributed by atoms with Crippen LogP contribution in [0.15, 0.2) is 6.07 Å². The van der Waals surface area contributed by atoms with Crippen LogP contribution in [0.5, 0.6) is 0 Å². The quantitative estimate of drug-likeness (QED) is 0.867. The second kappa shape index (κ2) is 5.49. The average Bonchev–Trinajstić information content (AvgIpc) is 2.27. The van der Waals surface area contributed by atoms with Crippen LogP contribution in [0.1, 0.15) is 34.2 Å². The fraction of sp³-hybridized carbons (Fsp3) is 0.429. The molecule has 0 spiro atoms. The van der Waals surface area contributed by atoms with Gasteiger partial charge in [-0.1, -0.05) is 6.07 Å². The van der Waals surface area contributed by atoms with Gasteiger partial charge < -0.3 is 5.32 Å². The number of nitrogens with zero attached hydrogens (tertiary/aromatic N) is 1. The number of nitriles is 1. The van der Waals surface area contributed by atoms with E-state index in [9.17, 15) is 4.79 Å². The Labute approximate surface area is 102 Å². The molecule has 1 aromatic carbocycles. The molecule has 0 aliphatic rings. The van der Waals surface area contributed by atoms with Crippen molar-refractivity contribution in [1.82, 2.24) is 5.32 Å². The van der Waals surface area contributed by atoms with Crippen LogP contribution in [0.4, 0.5) is 0 Å². The minimum absolute atomic E-state index is 0.0805. The highest BCUT2D eigenvalue weighted by atomic mass is 16.1. The first-order chi connectivity index (χ1) is 7.97. The first kappa shape index (κ1) is 13.2. The molecular formula is C14H18N2O. The summed E-state index contributed by atoms with van der Waals surface area (Å²) in [5.41, 5.74) is 6.06. The topological polar surface area (TPSA) is 52.9 Å². The lowest BCUT2D eigenvalue weighted by molar-refractivity contribution is -0.120. The number of nitrogens with one attached hydrogen (secondary N) is 1. The van der Waals surface area contributed by atoms with Crippen LogP contribution in [0.25, 0.3) is 0 Å². The number of rotatable bonds is 3. The van der Waals surface area contributed by atoms with E-state index in [0.717, 1.165) is 5.56 Å². The molecule has 90 valence electrons. The molecule has 1 aromatic rings. The number of amides is 1. The highest BCUT2D eigenvalue weighted by Crippen LogP contribution is 2.21. The summed E-state index contributed by atoms with van der Waals surface area (Å²) >= 11 is 0. The SMILES string of the molecule is Cc1cc(C)c(C)c(CNC(=O)CC#N)c1C. The molecule has 0 saturated carbocycles. The zero-order chi connectivity index (χ0) is 13.0. The van der Waals surface area contributed by atoms with E-state index in [1.807, 2.05) is 6.07 Å². The molecule has 0 aliphatic heterocycles. The van der Waals surface area contributed by atoms with Crippen molar-refractivity contribution < 1.29 is 4.79 Å². The molecule has 1 rings (SSSR count). The Kier molecular flexibility index (Phi) is 4.28. The van der Waals surface area contributed by atoms with Crippen molar-refractivity contribution >= 4 is 5.91 Å². The van der Waals surface area contributed by atoms with Gasteiger partial charge in [0.2, 0.25) is 5.91 Å². The normalized spacial score (nSPS) is 9.82. The number of aryl methyl sites for hydroxylation is 2. The molecule has 0 fully saturated rings. The van der Waals surface area contributed by atoms with E-state index >= 15 is 0 Å². The third-order valence-corrected chi connectivity index (χ3v) is 3.22. The fourth-order valence-corrected chi connectivity index (χ4v) is 1.88. The third kappa shape index (κ3) is 3.07. The number of benzene rings is 1. The maximum absolute atomic E-state index is 11.3. The Morgan fingerprint density at radius 3 is 2.24 bits per heavy atom. The Hall–Kier alpha value is -1.82. The van der Waals surface area contributed by atoms with Crippen LogP contribution in [0.3, 0.4) is 0 Å². The Morgan fingerprint density at radius 2 is 1.76 bits per heavy atom. The van der Waals surface area contributed by atoms with Crippen LogP contribution in [0.2, 0.25) is 0 Å². The van der Waals surface area contributed by atoms with Crippen LogP contribution >= 0.6 is 0 Å². The van der Waals surface area contributed by atoms with Gasteiger partial charge in [-0.3, -0.25) is 4.79 Å². The number of hydrogen-bond acceptors (Lipinski definition) is 2. The van der Waals surface area contributed by atoms with Crippen molar-refractivity contribution in [3.05, 3.63) is 33.9 Å². The second-order valence-electron chi connectivity index (χ2n) is 4.35. The van der Waals surface area contributed by atoms with Crippen molar-refractivity contribution in [3.63, 3.8) is 0 Å². The highest BCUT2D eigenvalue weighted by molar-refractivity contribution is 5.78. The van der Waals surface area contributed by atoms with Crippen molar-refractivity contribution in [2.45, 2.75) is 40.7 Å². The van der Waals surface area contributed by atoms with Crippen LogP contribution in [0, 0.1) is 39.0 Å². The van der Waals surface area contributed by atoms with E-state index in [2.05, 4.69) is 39.1 Å². The summed E-state index contributed by atoms with van der Waals surface area (Å²) in [5, 5.41) is 11.2. The minimum Gasteiger partial charge on any atom is -0.351 e. The standard InChI is InChI=1S/C14H18N2O/c1-9-7-10(2)12(4)13(11(9)3)8-16-14(17)5-6-15/h7H,5,8H2,1-4H3,(H,16,17). The molecular weight excluding hydrogens is 212 g/mol. The molecule has 0 heterocycles. The van der Waals surface area contributed by atoms with Crippen molar-refractivity contribution in [2.75, 3.05) is 0 Å². The van der Waals surface area contributed by atoms with Crippen LogP contribution in [-0.2, 0) is 11.3 Å². The summed E-state index contributed by atoms with van der Waals surface area (Å²) in [6, 6.07) is 4.00. The molecule has 0 unspecified atom stereocenters. The Morgan fingerprint density at radius 1 is 1.24 bits per heavy atom. The van der Waals surface area contributed by atoms with Crippen molar-refractivity contribution in [1.29, 1.82) is 5.26 Å². The molecule has 3 heteroatoms. The number of carbonyl (C=O) groups excluding carboxylic acids is 1. The van der Waals surface area contributed by atoms with Gasteiger partial charge >= 0.3 is 0 Å². The second-order valence-corrected chi connectivity index (χ2v) is 4.35.